The molecule has 5 nitrogen and oxygen atoms in total. The second-order valence-electron chi connectivity index (χ2n) is 3.98. The van der Waals surface area contributed by atoms with E-state index in [0.717, 1.165) is 38.9 Å². The number of pyridine rings is 1. The number of hydrogen-bond acceptors (Lipinski definition) is 4. The Morgan fingerprint density at radius 3 is 3.16 bits per heavy atom. The molecule has 0 saturated carbocycles. The van der Waals surface area contributed by atoms with Crippen molar-refractivity contribution in [2.45, 2.75) is 24.4 Å². The Morgan fingerprint density at radius 1 is 1.42 bits per heavy atom. The van der Waals surface area contributed by atoms with E-state index in [1.54, 1.807) is 18.0 Å². The van der Waals surface area contributed by atoms with E-state index in [0.29, 0.717) is 0 Å². The summed E-state index contributed by atoms with van der Waals surface area (Å²) in [7, 11) is 0. The number of aromatic amines is 1. The van der Waals surface area contributed by atoms with E-state index in [2.05, 4.69) is 47.4 Å². The van der Waals surface area contributed by atoms with Crippen LogP contribution in [0.4, 0.5) is 0 Å². The largest absolute Gasteiger partial charge is 0.335 e. The SMILES string of the molecule is CCn1ccnc1CSc1nc2ncc(Br)cc2[nH]1. The molecule has 0 unspecified atom stereocenters. The molecule has 0 spiro atoms. The van der Waals surface area contributed by atoms with Gasteiger partial charge in [0.1, 0.15) is 5.82 Å². The molecule has 0 aliphatic rings. The number of hydrogen-bond donors (Lipinski definition) is 1. The second-order valence-corrected chi connectivity index (χ2v) is 5.86. The summed E-state index contributed by atoms with van der Waals surface area (Å²) in [6.45, 7) is 3.04. The molecule has 0 aliphatic heterocycles. The van der Waals surface area contributed by atoms with Gasteiger partial charge in [0.25, 0.3) is 0 Å². The summed E-state index contributed by atoms with van der Waals surface area (Å²) in [6, 6.07) is 1.98. The number of nitrogens with one attached hydrogen (secondary N) is 1. The van der Waals surface area contributed by atoms with Crippen molar-refractivity contribution < 1.29 is 0 Å². The molecule has 0 radical (unpaired) electrons. The molecule has 7 heteroatoms. The number of aryl methyl sites for hydroxylation is 1. The Morgan fingerprint density at radius 2 is 2.32 bits per heavy atom. The van der Waals surface area contributed by atoms with Gasteiger partial charge in [-0.2, -0.15) is 0 Å². The van der Waals surface area contributed by atoms with Crippen molar-refractivity contribution in [3.8, 4) is 0 Å². The second kappa shape index (κ2) is 5.34. The Bertz CT molecular complexity index is 705. The molecular weight excluding hydrogens is 326 g/mol. The fourth-order valence-electron chi connectivity index (χ4n) is 1.82. The molecule has 19 heavy (non-hydrogen) atoms. The van der Waals surface area contributed by atoms with Gasteiger partial charge >= 0.3 is 0 Å². The van der Waals surface area contributed by atoms with Crippen LogP contribution in [0.1, 0.15) is 12.7 Å². The Labute approximate surface area is 123 Å². The average Bonchev–Trinajstić information content (AvgIpc) is 3.01. The zero-order valence-electron chi connectivity index (χ0n) is 10.3. The van der Waals surface area contributed by atoms with Crippen LogP contribution < -0.4 is 0 Å². The van der Waals surface area contributed by atoms with Crippen LogP contribution in [0.3, 0.4) is 0 Å². The maximum atomic E-state index is 4.45. The van der Waals surface area contributed by atoms with Gasteiger partial charge in [-0.25, -0.2) is 15.0 Å². The molecule has 1 N–H and O–H groups in total. The third-order valence-corrected chi connectivity index (χ3v) is 4.07. The van der Waals surface area contributed by atoms with Crippen molar-refractivity contribution in [3.05, 3.63) is 35.0 Å². The first-order valence-corrected chi connectivity index (χ1v) is 7.68. The van der Waals surface area contributed by atoms with Gasteiger partial charge in [-0.3, -0.25) is 0 Å². The smallest absolute Gasteiger partial charge is 0.178 e. The van der Waals surface area contributed by atoms with Crippen molar-refractivity contribution in [2.75, 3.05) is 0 Å². The number of thioether (sulfide) groups is 1. The highest BCUT2D eigenvalue weighted by Gasteiger charge is 2.07. The molecule has 98 valence electrons. The molecule has 3 rings (SSSR count). The van der Waals surface area contributed by atoms with Crippen molar-refractivity contribution >= 4 is 38.9 Å². The lowest BCUT2D eigenvalue weighted by atomic mass is 10.4. The fraction of sp³-hybridized carbons (Fsp3) is 0.250. The molecule has 0 fully saturated rings. The fourth-order valence-corrected chi connectivity index (χ4v) is 2.99. The molecule has 0 aliphatic carbocycles. The molecular formula is C12H12BrN5S. The van der Waals surface area contributed by atoms with Crippen molar-refractivity contribution in [3.63, 3.8) is 0 Å². The van der Waals surface area contributed by atoms with E-state index in [1.165, 1.54) is 0 Å². The number of nitrogens with zero attached hydrogens (tertiary/aromatic N) is 4. The monoisotopic (exact) mass is 337 g/mol. The minimum absolute atomic E-state index is 0.740. The summed E-state index contributed by atoms with van der Waals surface area (Å²) < 4.78 is 3.08. The zero-order valence-corrected chi connectivity index (χ0v) is 12.7. The predicted molar refractivity (Wildman–Crippen MR) is 79.1 cm³/mol. The lowest BCUT2D eigenvalue weighted by Gasteiger charge is -2.02. The highest BCUT2D eigenvalue weighted by atomic mass is 79.9. The van der Waals surface area contributed by atoms with Gasteiger partial charge in [-0.15, -0.1) is 0 Å². The summed E-state index contributed by atoms with van der Waals surface area (Å²) in [4.78, 5) is 16.3. The first-order chi connectivity index (χ1) is 9.26. The van der Waals surface area contributed by atoms with Gasteiger partial charge < -0.3 is 9.55 Å². The van der Waals surface area contributed by atoms with Gasteiger partial charge in [-0.1, -0.05) is 11.8 Å². The summed E-state index contributed by atoms with van der Waals surface area (Å²) in [5.74, 6) is 1.85. The normalized spacial score (nSPS) is 11.3. The highest BCUT2D eigenvalue weighted by Crippen LogP contribution is 2.23. The van der Waals surface area contributed by atoms with E-state index >= 15 is 0 Å². The summed E-state index contributed by atoms with van der Waals surface area (Å²) in [6.07, 6.45) is 5.57. The minimum atomic E-state index is 0.740. The lowest BCUT2D eigenvalue weighted by molar-refractivity contribution is 0.725. The van der Waals surface area contributed by atoms with Crippen molar-refractivity contribution in [2.24, 2.45) is 0 Å². The zero-order chi connectivity index (χ0) is 13.2. The maximum absolute atomic E-state index is 4.45. The van der Waals surface area contributed by atoms with Crippen LogP contribution in [-0.4, -0.2) is 24.5 Å². The summed E-state index contributed by atoms with van der Waals surface area (Å²) >= 11 is 5.03. The molecule has 3 heterocycles. The molecule has 0 atom stereocenters. The van der Waals surface area contributed by atoms with E-state index in [4.69, 9.17) is 0 Å². The molecule has 0 aromatic carbocycles. The number of aromatic nitrogens is 5. The predicted octanol–water partition coefficient (Wildman–Crippen LogP) is 3.23. The molecule has 0 saturated heterocycles. The van der Waals surface area contributed by atoms with Crippen LogP contribution in [-0.2, 0) is 12.3 Å². The van der Waals surface area contributed by atoms with E-state index < -0.39 is 0 Å². The number of halogens is 1. The van der Waals surface area contributed by atoms with Crippen LogP contribution in [0.15, 0.2) is 34.3 Å². The number of imidazole rings is 2. The molecule has 0 bridgehead atoms. The number of H-pyrrole nitrogens is 1. The Hall–Kier alpha value is -1.34. The van der Waals surface area contributed by atoms with Gasteiger partial charge in [0, 0.05) is 29.6 Å². The average molecular weight is 338 g/mol. The molecule has 0 amide bonds. The van der Waals surface area contributed by atoms with Gasteiger partial charge in [0.15, 0.2) is 10.8 Å². The quantitative estimate of drug-likeness (QED) is 0.742. The highest BCUT2D eigenvalue weighted by molar-refractivity contribution is 9.10. The van der Waals surface area contributed by atoms with E-state index in [9.17, 15) is 0 Å². The van der Waals surface area contributed by atoms with Crippen LogP contribution in [0.5, 0.6) is 0 Å². The number of rotatable bonds is 4. The molecule has 3 aromatic rings. The Balaban J connectivity index is 1.78. The third-order valence-electron chi connectivity index (χ3n) is 2.76. The summed E-state index contributed by atoms with van der Waals surface area (Å²) in [5.41, 5.74) is 1.68. The maximum Gasteiger partial charge on any atom is 0.178 e. The van der Waals surface area contributed by atoms with Crippen LogP contribution >= 0.6 is 27.7 Å². The topological polar surface area (TPSA) is 59.4 Å². The van der Waals surface area contributed by atoms with Gasteiger partial charge in [-0.05, 0) is 28.9 Å². The van der Waals surface area contributed by atoms with Gasteiger partial charge in [0.2, 0.25) is 0 Å². The lowest BCUT2D eigenvalue weighted by Crippen LogP contribution is -1.98. The third kappa shape index (κ3) is 2.66. The van der Waals surface area contributed by atoms with Gasteiger partial charge in [0.05, 0.1) is 11.3 Å². The summed E-state index contributed by atoms with van der Waals surface area (Å²) in [5, 5.41) is 0.867. The van der Waals surface area contributed by atoms with Crippen LogP contribution in [0.25, 0.3) is 11.2 Å². The number of fused-ring (bicyclic) bond motifs is 1. The van der Waals surface area contributed by atoms with E-state index in [-0.39, 0.29) is 0 Å². The van der Waals surface area contributed by atoms with E-state index in [1.807, 2.05) is 18.5 Å². The molecule has 3 aromatic heterocycles. The minimum Gasteiger partial charge on any atom is -0.335 e. The standard InChI is InChI=1S/C12H12BrN5S/c1-2-18-4-3-14-10(18)7-19-12-16-9-5-8(13)6-15-11(9)17-12/h3-6H,2,7H2,1H3,(H,15,16,17). The van der Waals surface area contributed by atoms with Crippen molar-refractivity contribution in [1.82, 2.24) is 24.5 Å². The van der Waals surface area contributed by atoms with Crippen LogP contribution in [0, 0.1) is 0 Å². The first kappa shape index (κ1) is 12.7. The van der Waals surface area contributed by atoms with Crippen LogP contribution in [0.2, 0.25) is 0 Å². The van der Waals surface area contributed by atoms with Crippen molar-refractivity contribution in [1.29, 1.82) is 0 Å². The first-order valence-electron chi connectivity index (χ1n) is 5.90. The Kier molecular flexibility index (Phi) is 3.56.